The average molecular weight is 412 g/mol. The zero-order valence-electron chi connectivity index (χ0n) is 17.0. The number of benzene rings is 3. The van der Waals surface area contributed by atoms with Gasteiger partial charge in [-0.3, -0.25) is 0 Å². The molecule has 0 atom stereocenters. The van der Waals surface area contributed by atoms with Crippen molar-refractivity contribution in [1.29, 1.82) is 0 Å². The van der Waals surface area contributed by atoms with Crippen LogP contribution in [0.25, 0.3) is 0 Å². The Labute approximate surface area is 177 Å². The summed E-state index contributed by atoms with van der Waals surface area (Å²) in [6, 6.07) is 20.0. The van der Waals surface area contributed by atoms with Gasteiger partial charge in [0, 0.05) is 18.7 Å². The molecule has 3 rings (SSSR count). The van der Waals surface area contributed by atoms with Crippen molar-refractivity contribution in [3.63, 3.8) is 0 Å². The number of halogens is 1. The van der Waals surface area contributed by atoms with Crippen LogP contribution in [-0.4, -0.2) is 14.2 Å². The fourth-order valence-electron chi connectivity index (χ4n) is 3.16. The summed E-state index contributed by atoms with van der Waals surface area (Å²) in [5, 5.41) is 3.95. The first-order valence-corrected chi connectivity index (χ1v) is 9.86. The Kier molecular flexibility index (Phi) is 7.39. The molecule has 0 aromatic heterocycles. The summed E-state index contributed by atoms with van der Waals surface area (Å²) < 4.78 is 16.9. The third kappa shape index (κ3) is 5.66. The number of ether oxygens (including phenoxy) is 3. The van der Waals surface area contributed by atoms with Crippen LogP contribution in [0.1, 0.15) is 22.3 Å². The minimum Gasteiger partial charge on any atom is -0.496 e. The van der Waals surface area contributed by atoms with Gasteiger partial charge >= 0.3 is 0 Å². The molecule has 0 spiro atoms. The van der Waals surface area contributed by atoms with E-state index in [9.17, 15) is 0 Å². The van der Waals surface area contributed by atoms with Crippen molar-refractivity contribution < 1.29 is 14.2 Å². The lowest BCUT2D eigenvalue weighted by atomic mass is 10.1. The van der Waals surface area contributed by atoms with Gasteiger partial charge in [0.15, 0.2) is 11.5 Å². The van der Waals surface area contributed by atoms with Crippen LogP contribution >= 0.6 is 11.6 Å². The largest absolute Gasteiger partial charge is 0.496 e. The van der Waals surface area contributed by atoms with Crippen LogP contribution < -0.4 is 19.5 Å². The van der Waals surface area contributed by atoms with Crippen LogP contribution in [-0.2, 0) is 19.7 Å². The Morgan fingerprint density at radius 3 is 2.38 bits per heavy atom. The summed E-state index contributed by atoms with van der Waals surface area (Å²) >= 11 is 6.50. The van der Waals surface area contributed by atoms with Crippen LogP contribution in [0.5, 0.6) is 17.2 Å². The third-order valence-corrected chi connectivity index (χ3v) is 4.87. The van der Waals surface area contributed by atoms with Crippen LogP contribution in [0.4, 0.5) is 0 Å². The molecule has 0 unspecified atom stereocenters. The van der Waals surface area contributed by atoms with E-state index in [0.29, 0.717) is 36.2 Å². The van der Waals surface area contributed by atoms with Crippen LogP contribution in [0.15, 0.2) is 60.7 Å². The van der Waals surface area contributed by atoms with Gasteiger partial charge in [0.1, 0.15) is 12.4 Å². The molecule has 0 saturated heterocycles. The van der Waals surface area contributed by atoms with Gasteiger partial charge in [-0.2, -0.15) is 0 Å². The van der Waals surface area contributed by atoms with E-state index in [1.54, 1.807) is 14.2 Å². The summed E-state index contributed by atoms with van der Waals surface area (Å²) in [6.45, 7) is 3.83. The number of aryl methyl sites for hydroxylation is 1. The molecule has 29 heavy (non-hydrogen) atoms. The van der Waals surface area contributed by atoms with E-state index in [2.05, 4.69) is 24.4 Å². The van der Waals surface area contributed by atoms with E-state index in [-0.39, 0.29) is 0 Å². The summed E-state index contributed by atoms with van der Waals surface area (Å²) in [5.74, 6) is 2.05. The number of hydrogen-bond acceptors (Lipinski definition) is 4. The summed E-state index contributed by atoms with van der Waals surface area (Å²) in [4.78, 5) is 0. The highest BCUT2D eigenvalue weighted by atomic mass is 35.5. The molecule has 1 N–H and O–H groups in total. The lowest BCUT2D eigenvalue weighted by molar-refractivity contribution is 0.284. The number of methoxy groups -OCH3 is 2. The minimum atomic E-state index is 0.434. The van der Waals surface area contributed by atoms with E-state index < -0.39 is 0 Å². The summed E-state index contributed by atoms with van der Waals surface area (Å²) in [5.41, 5.74) is 4.40. The molecule has 0 bridgehead atoms. The molecule has 0 fully saturated rings. The molecule has 3 aromatic rings. The van der Waals surface area contributed by atoms with Crippen molar-refractivity contribution in [3.8, 4) is 17.2 Å². The van der Waals surface area contributed by atoms with Crippen LogP contribution in [0, 0.1) is 6.92 Å². The van der Waals surface area contributed by atoms with Crippen molar-refractivity contribution in [3.05, 3.63) is 87.9 Å². The van der Waals surface area contributed by atoms with Crippen molar-refractivity contribution in [2.45, 2.75) is 26.6 Å². The molecule has 0 aliphatic heterocycles. The minimum absolute atomic E-state index is 0.434. The standard InChI is InChI=1S/C24H26ClNO3/c1-17-7-6-8-18(11-17)16-29-24-21(25)12-19(13-23(24)28-3)14-26-15-20-9-4-5-10-22(20)27-2/h4-13,26H,14-16H2,1-3H3. The van der Waals surface area contributed by atoms with Gasteiger partial charge in [0.25, 0.3) is 0 Å². The van der Waals surface area contributed by atoms with Crippen molar-refractivity contribution in [2.75, 3.05) is 14.2 Å². The Morgan fingerprint density at radius 1 is 0.828 bits per heavy atom. The molecule has 0 radical (unpaired) electrons. The van der Waals surface area contributed by atoms with Gasteiger partial charge in [-0.15, -0.1) is 0 Å². The highest BCUT2D eigenvalue weighted by Crippen LogP contribution is 2.37. The predicted octanol–water partition coefficient (Wildman–Crippen LogP) is 5.53. The molecular weight excluding hydrogens is 386 g/mol. The van der Waals surface area contributed by atoms with E-state index >= 15 is 0 Å². The van der Waals surface area contributed by atoms with Crippen molar-refractivity contribution in [2.24, 2.45) is 0 Å². The Bertz CT molecular complexity index is 959. The molecule has 0 amide bonds. The number of para-hydroxylation sites is 1. The molecule has 152 valence electrons. The zero-order valence-corrected chi connectivity index (χ0v) is 17.8. The fourth-order valence-corrected chi connectivity index (χ4v) is 3.45. The van der Waals surface area contributed by atoms with Gasteiger partial charge < -0.3 is 19.5 Å². The van der Waals surface area contributed by atoms with Gasteiger partial charge in [0.05, 0.1) is 19.2 Å². The van der Waals surface area contributed by atoms with Crippen molar-refractivity contribution >= 4 is 11.6 Å². The second kappa shape index (κ2) is 10.2. The molecule has 0 aliphatic carbocycles. The van der Waals surface area contributed by atoms with E-state index in [1.165, 1.54) is 5.56 Å². The zero-order chi connectivity index (χ0) is 20.6. The maximum absolute atomic E-state index is 6.50. The summed E-state index contributed by atoms with van der Waals surface area (Å²) in [6.07, 6.45) is 0. The first kappa shape index (κ1) is 21.0. The number of hydrogen-bond donors (Lipinski definition) is 1. The van der Waals surface area contributed by atoms with E-state index in [1.807, 2.05) is 48.5 Å². The van der Waals surface area contributed by atoms with Crippen molar-refractivity contribution in [1.82, 2.24) is 5.32 Å². The first-order chi connectivity index (χ1) is 14.1. The lowest BCUT2D eigenvalue weighted by Crippen LogP contribution is -2.13. The van der Waals surface area contributed by atoms with Crippen LogP contribution in [0.3, 0.4) is 0 Å². The SMILES string of the molecule is COc1ccccc1CNCc1cc(Cl)c(OCc2cccc(C)c2)c(OC)c1. The van der Waals surface area contributed by atoms with Crippen LogP contribution in [0.2, 0.25) is 5.02 Å². The molecule has 0 saturated carbocycles. The van der Waals surface area contributed by atoms with Gasteiger partial charge in [-0.05, 0) is 36.2 Å². The Hall–Kier alpha value is -2.69. The van der Waals surface area contributed by atoms with Gasteiger partial charge in [0.2, 0.25) is 0 Å². The van der Waals surface area contributed by atoms with E-state index in [4.69, 9.17) is 25.8 Å². The third-order valence-electron chi connectivity index (χ3n) is 4.59. The second-order valence-electron chi connectivity index (χ2n) is 6.80. The molecule has 5 heteroatoms. The second-order valence-corrected chi connectivity index (χ2v) is 7.21. The number of nitrogens with one attached hydrogen (secondary N) is 1. The maximum atomic E-state index is 6.50. The van der Waals surface area contributed by atoms with Gasteiger partial charge in [-0.25, -0.2) is 0 Å². The number of rotatable bonds is 9. The normalized spacial score (nSPS) is 10.6. The fraction of sp³-hybridized carbons (Fsp3) is 0.250. The monoisotopic (exact) mass is 411 g/mol. The Balaban J connectivity index is 1.66. The first-order valence-electron chi connectivity index (χ1n) is 9.48. The molecule has 0 aliphatic rings. The lowest BCUT2D eigenvalue weighted by Gasteiger charge is -2.15. The Morgan fingerprint density at radius 2 is 1.62 bits per heavy atom. The molecule has 4 nitrogen and oxygen atoms in total. The quantitative estimate of drug-likeness (QED) is 0.502. The molecule has 0 heterocycles. The summed E-state index contributed by atoms with van der Waals surface area (Å²) in [7, 11) is 3.30. The molecular formula is C24H26ClNO3. The maximum Gasteiger partial charge on any atom is 0.180 e. The topological polar surface area (TPSA) is 39.7 Å². The smallest absolute Gasteiger partial charge is 0.180 e. The predicted molar refractivity (Wildman–Crippen MR) is 117 cm³/mol. The van der Waals surface area contributed by atoms with Gasteiger partial charge in [-0.1, -0.05) is 59.6 Å². The van der Waals surface area contributed by atoms with E-state index in [0.717, 1.165) is 22.4 Å². The molecule has 3 aromatic carbocycles. The highest BCUT2D eigenvalue weighted by Gasteiger charge is 2.13. The highest BCUT2D eigenvalue weighted by molar-refractivity contribution is 6.32. The average Bonchev–Trinajstić information content (AvgIpc) is 2.73.